The van der Waals surface area contributed by atoms with Gasteiger partial charge in [0.25, 0.3) is 0 Å². The summed E-state index contributed by atoms with van der Waals surface area (Å²) >= 11 is 8.06. The van der Waals surface area contributed by atoms with Crippen molar-refractivity contribution in [3.05, 3.63) is 101 Å². The molecular formula is C21H17ClS. The van der Waals surface area contributed by atoms with E-state index in [-0.39, 0.29) is 0 Å². The van der Waals surface area contributed by atoms with Gasteiger partial charge in [-0.25, -0.2) is 0 Å². The van der Waals surface area contributed by atoms with Gasteiger partial charge in [0.1, 0.15) is 0 Å². The summed E-state index contributed by atoms with van der Waals surface area (Å²) in [6.45, 7) is 0. The molecule has 0 saturated heterocycles. The SMILES string of the molecule is Clc1ccc([C@@H]2C[C@@H](c3ccccc3)Sc3ccccc32)cc1. The number of hydrogen-bond donors (Lipinski definition) is 0. The summed E-state index contributed by atoms with van der Waals surface area (Å²) in [6, 6.07) is 28.0. The maximum Gasteiger partial charge on any atom is 0.0406 e. The van der Waals surface area contributed by atoms with Crippen LogP contribution in [0.1, 0.15) is 34.3 Å². The third-order valence-corrected chi connectivity index (χ3v) is 6.08. The van der Waals surface area contributed by atoms with Gasteiger partial charge in [-0.2, -0.15) is 0 Å². The number of thioether (sulfide) groups is 1. The van der Waals surface area contributed by atoms with Crippen LogP contribution in [0.3, 0.4) is 0 Å². The molecule has 0 bridgehead atoms. The van der Waals surface area contributed by atoms with Gasteiger partial charge in [0, 0.05) is 21.1 Å². The lowest BCUT2D eigenvalue weighted by molar-refractivity contribution is 0.677. The van der Waals surface area contributed by atoms with Gasteiger partial charge in [-0.1, -0.05) is 72.3 Å². The topological polar surface area (TPSA) is 0 Å². The van der Waals surface area contributed by atoms with E-state index in [0.717, 1.165) is 11.4 Å². The van der Waals surface area contributed by atoms with Gasteiger partial charge < -0.3 is 0 Å². The van der Waals surface area contributed by atoms with E-state index in [9.17, 15) is 0 Å². The molecule has 0 nitrogen and oxygen atoms in total. The van der Waals surface area contributed by atoms with Gasteiger partial charge in [0.2, 0.25) is 0 Å². The van der Waals surface area contributed by atoms with E-state index >= 15 is 0 Å². The molecule has 0 aromatic heterocycles. The Hall–Kier alpha value is -1.70. The number of halogens is 1. The minimum Gasteiger partial charge on any atom is -0.118 e. The van der Waals surface area contributed by atoms with E-state index in [2.05, 4.69) is 66.7 Å². The maximum absolute atomic E-state index is 6.07. The quantitative estimate of drug-likeness (QED) is 0.501. The maximum atomic E-state index is 6.07. The molecule has 0 N–H and O–H groups in total. The first-order valence-electron chi connectivity index (χ1n) is 7.87. The van der Waals surface area contributed by atoms with E-state index in [1.54, 1.807) is 0 Å². The van der Waals surface area contributed by atoms with Crippen molar-refractivity contribution in [2.75, 3.05) is 0 Å². The summed E-state index contributed by atoms with van der Waals surface area (Å²) in [6.07, 6.45) is 1.12. The Bertz CT molecular complexity index is 796. The summed E-state index contributed by atoms with van der Waals surface area (Å²) in [5.41, 5.74) is 4.20. The fourth-order valence-electron chi connectivity index (χ4n) is 3.30. The van der Waals surface area contributed by atoms with E-state index < -0.39 is 0 Å². The zero-order valence-corrected chi connectivity index (χ0v) is 14.2. The highest BCUT2D eigenvalue weighted by Gasteiger charge is 2.29. The summed E-state index contributed by atoms with van der Waals surface area (Å²) in [4.78, 5) is 1.40. The van der Waals surface area contributed by atoms with Gasteiger partial charge in [-0.3, -0.25) is 0 Å². The Morgan fingerprint density at radius 1 is 0.739 bits per heavy atom. The van der Waals surface area contributed by atoms with Crippen LogP contribution in [0.15, 0.2) is 83.8 Å². The van der Waals surface area contributed by atoms with Crippen molar-refractivity contribution >= 4 is 23.4 Å². The smallest absolute Gasteiger partial charge is 0.0406 e. The third-order valence-electron chi connectivity index (χ3n) is 4.46. The molecule has 0 unspecified atom stereocenters. The van der Waals surface area contributed by atoms with Crippen molar-refractivity contribution in [1.82, 2.24) is 0 Å². The van der Waals surface area contributed by atoms with Crippen LogP contribution < -0.4 is 0 Å². The second kappa shape index (κ2) is 6.43. The molecule has 1 aliphatic rings. The molecule has 2 heteroatoms. The zero-order chi connectivity index (χ0) is 15.6. The zero-order valence-electron chi connectivity index (χ0n) is 12.7. The summed E-state index contributed by atoms with van der Waals surface area (Å²) in [7, 11) is 0. The van der Waals surface area contributed by atoms with Gasteiger partial charge >= 0.3 is 0 Å². The minimum absolute atomic E-state index is 0.426. The van der Waals surface area contributed by atoms with Gasteiger partial charge in [0.15, 0.2) is 0 Å². The van der Waals surface area contributed by atoms with Crippen LogP contribution in [-0.2, 0) is 0 Å². The largest absolute Gasteiger partial charge is 0.118 e. The first-order chi connectivity index (χ1) is 11.3. The predicted octanol–water partition coefficient (Wildman–Crippen LogP) is 6.71. The van der Waals surface area contributed by atoms with Crippen molar-refractivity contribution in [2.45, 2.75) is 22.5 Å². The highest BCUT2D eigenvalue weighted by atomic mass is 35.5. The van der Waals surface area contributed by atoms with Gasteiger partial charge in [-0.15, -0.1) is 11.8 Å². The predicted molar refractivity (Wildman–Crippen MR) is 99.4 cm³/mol. The molecule has 4 rings (SSSR count). The second-order valence-electron chi connectivity index (χ2n) is 5.89. The highest BCUT2D eigenvalue weighted by Crippen LogP contribution is 2.51. The highest BCUT2D eigenvalue weighted by molar-refractivity contribution is 7.99. The molecule has 1 heterocycles. The molecule has 0 radical (unpaired) electrons. The fourth-order valence-corrected chi connectivity index (χ4v) is 4.82. The Morgan fingerprint density at radius 3 is 2.22 bits per heavy atom. The van der Waals surface area contributed by atoms with E-state index in [1.165, 1.54) is 21.6 Å². The van der Waals surface area contributed by atoms with Crippen molar-refractivity contribution in [3.8, 4) is 0 Å². The molecule has 0 saturated carbocycles. The minimum atomic E-state index is 0.426. The monoisotopic (exact) mass is 336 g/mol. The lowest BCUT2D eigenvalue weighted by Gasteiger charge is -2.31. The lowest BCUT2D eigenvalue weighted by Crippen LogP contribution is -2.12. The standard InChI is InChI=1S/C21H17ClS/c22-17-12-10-15(11-13-17)19-14-21(16-6-2-1-3-7-16)23-20-9-5-4-8-18(19)20/h1-13,19,21H,14H2/t19-,21-/m0/s1. The summed E-state index contributed by atoms with van der Waals surface area (Å²) in [5, 5.41) is 1.29. The Kier molecular flexibility index (Phi) is 4.15. The Labute approximate surface area is 146 Å². The number of benzene rings is 3. The Balaban J connectivity index is 1.76. The summed E-state index contributed by atoms with van der Waals surface area (Å²) in [5.74, 6) is 0.426. The number of fused-ring (bicyclic) bond motifs is 1. The van der Waals surface area contributed by atoms with Crippen LogP contribution in [0.2, 0.25) is 5.02 Å². The van der Waals surface area contributed by atoms with Crippen LogP contribution in [0.25, 0.3) is 0 Å². The first-order valence-corrected chi connectivity index (χ1v) is 9.13. The molecule has 3 aromatic carbocycles. The number of hydrogen-bond acceptors (Lipinski definition) is 1. The van der Waals surface area contributed by atoms with Crippen LogP contribution in [0.4, 0.5) is 0 Å². The van der Waals surface area contributed by atoms with Crippen LogP contribution >= 0.6 is 23.4 Å². The van der Waals surface area contributed by atoms with Crippen LogP contribution in [0, 0.1) is 0 Å². The van der Waals surface area contributed by atoms with E-state index in [1.807, 2.05) is 23.9 Å². The molecule has 0 aliphatic carbocycles. The summed E-state index contributed by atoms with van der Waals surface area (Å²) < 4.78 is 0. The van der Waals surface area contributed by atoms with Crippen molar-refractivity contribution < 1.29 is 0 Å². The fraction of sp³-hybridized carbons (Fsp3) is 0.143. The molecule has 23 heavy (non-hydrogen) atoms. The first kappa shape index (κ1) is 14.9. The van der Waals surface area contributed by atoms with Gasteiger partial charge in [0.05, 0.1) is 0 Å². The molecule has 0 fully saturated rings. The average molecular weight is 337 g/mol. The molecule has 0 amide bonds. The molecule has 2 atom stereocenters. The molecule has 3 aromatic rings. The van der Waals surface area contributed by atoms with Crippen molar-refractivity contribution in [3.63, 3.8) is 0 Å². The molecule has 114 valence electrons. The van der Waals surface area contributed by atoms with E-state index in [0.29, 0.717) is 11.2 Å². The van der Waals surface area contributed by atoms with Crippen LogP contribution in [-0.4, -0.2) is 0 Å². The average Bonchev–Trinajstić information content (AvgIpc) is 2.62. The Morgan fingerprint density at radius 2 is 1.43 bits per heavy atom. The third kappa shape index (κ3) is 3.04. The van der Waals surface area contributed by atoms with Crippen molar-refractivity contribution in [2.24, 2.45) is 0 Å². The lowest BCUT2D eigenvalue weighted by atomic mass is 9.85. The van der Waals surface area contributed by atoms with Crippen LogP contribution in [0.5, 0.6) is 0 Å². The van der Waals surface area contributed by atoms with E-state index in [4.69, 9.17) is 11.6 Å². The molecule has 0 spiro atoms. The van der Waals surface area contributed by atoms with Crippen molar-refractivity contribution in [1.29, 1.82) is 0 Å². The number of rotatable bonds is 2. The molecule has 1 aliphatic heterocycles. The van der Waals surface area contributed by atoms with Gasteiger partial charge in [-0.05, 0) is 41.3 Å². The normalized spacial score (nSPS) is 20.0. The molecular weight excluding hydrogens is 320 g/mol. The second-order valence-corrected chi connectivity index (χ2v) is 7.58.